The van der Waals surface area contributed by atoms with E-state index in [9.17, 15) is 4.79 Å². The number of nitrogens with one attached hydrogen (secondary N) is 1. The molecule has 0 amide bonds. The summed E-state index contributed by atoms with van der Waals surface area (Å²) in [6.45, 7) is 2.04. The Morgan fingerprint density at radius 2 is 2.27 bits per heavy atom. The third kappa shape index (κ3) is 3.64. The number of hydrogen-bond donors (Lipinski definition) is 1. The van der Waals surface area contributed by atoms with Crippen LogP contribution in [0, 0.1) is 29.6 Å². The molecule has 2 rings (SSSR count). The average Bonchev–Trinajstić information content (AvgIpc) is 3.02. The van der Waals surface area contributed by atoms with Crippen molar-refractivity contribution < 1.29 is 4.74 Å². The van der Waals surface area contributed by atoms with Gasteiger partial charge in [-0.15, -0.1) is 17.4 Å². The Kier molecular flexibility index (Phi) is 5.16. The Bertz CT molecular complexity index is 687. The van der Waals surface area contributed by atoms with Crippen molar-refractivity contribution >= 4 is 0 Å². The molecule has 1 heterocycles. The van der Waals surface area contributed by atoms with E-state index in [0.29, 0.717) is 0 Å². The van der Waals surface area contributed by atoms with Crippen LogP contribution in [0.15, 0.2) is 16.9 Å². The standard InChI is InChI=1S/C15H17N5O2/c1-3-6-13-14(21)20(17-10-11(2)9-16)15(19-18-13)22-12-7-4-5-8-12/h1,4-5,11-12,17H,6-8,10H2,2H3. The van der Waals surface area contributed by atoms with Crippen molar-refractivity contribution in [3.05, 3.63) is 28.2 Å². The first-order valence-electron chi connectivity index (χ1n) is 7.03. The third-order valence-corrected chi connectivity index (χ3v) is 3.18. The van der Waals surface area contributed by atoms with Gasteiger partial charge in [0, 0.05) is 19.4 Å². The molecule has 0 aliphatic heterocycles. The van der Waals surface area contributed by atoms with Crippen molar-refractivity contribution in [2.24, 2.45) is 5.92 Å². The number of nitriles is 1. The van der Waals surface area contributed by atoms with Gasteiger partial charge in [-0.25, -0.2) is 0 Å². The third-order valence-electron chi connectivity index (χ3n) is 3.18. The molecule has 1 aromatic rings. The molecule has 7 nitrogen and oxygen atoms in total. The lowest BCUT2D eigenvalue weighted by molar-refractivity contribution is 0.185. The summed E-state index contributed by atoms with van der Waals surface area (Å²) in [4.78, 5) is 12.4. The second kappa shape index (κ2) is 7.28. The predicted octanol–water partition coefficient (Wildman–Crippen LogP) is 0.615. The number of terminal acetylenes is 1. The summed E-state index contributed by atoms with van der Waals surface area (Å²) in [5.74, 6) is 2.11. The largest absolute Gasteiger partial charge is 0.458 e. The maximum Gasteiger partial charge on any atom is 0.338 e. The molecule has 1 atom stereocenters. The van der Waals surface area contributed by atoms with Gasteiger partial charge in [0.2, 0.25) is 0 Å². The van der Waals surface area contributed by atoms with Crippen LogP contribution >= 0.6 is 0 Å². The Balaban J connectivity index is 2.26. The molecule has 0 spiro atoms. The Morgan fingerprint density at radius 1 is 1.55 bits per heavy atom. The Morgan fingerprint density at radius 3 is 2.91 bits per heavy atom. The smallest absolute Gasteiger partial charge is 0.338 e. The fourth-order valence-corrected chi connectivity index (χ4v) is 1.94. The second-order valence-electron chi connectivity index (χ2n) is 5.03. The maximum atomic E-state index is 12.4. The van der Waals surface area contributed by atoms with Gasteiger partial charge in [-0.05, 0) is 6.92 Å². The van der Waals surface area contributed by atoms with Crippen LogP contribution in [0.25, 0.3) is 0 Å². The van der Waals surface area contributed by atoms with Crippen molar-refractivity contribution in [1.29, 1.82) is 5.26 Å². The first-order valence-corrected chi connectivity index (χ1v) is 7.03. The van der Waals surface area contributed by atoms with Crippen LogP contribution in [0.3, 0.4) is 0 Å². The number of hydrogen-bond acceptors (Lipinski definition) is 6. The molecule has 7 heteroatoms. The zero-order valence-electron chi connectivity index (χ0n) is 12.3. The van der Waals surface area contributed by atoms with E-state index in [2.05, 4.69) is 27.6 Å². The molecule has 0 saturated heterocycles. The zero-order chi connectivity index (χ0) is 15.9. The molecule has 1 aromatic heterocycles. The molecular formula is C15H17N5O2. The molecule has 0 aromatic carbocycles. The van der Waals surface area contributed by atoms with Crippen molar-refractivity contribution in [2.45, 2.75) is 32.3 Å². The highest BCUT2D eigenvalue weighted by molar-refractivity contribution is 5.11. The fourth-order valence-electron chi connectivity index (χ4n) is 1.94. The highest BCUT2D eigenvalue weighted by atomic mass is 16.5. The van der Waals surface area contributed by atoms with Crippen LogP contribution in [-0.2, 0) is 6.42 Å². The van der Waals surface area contributed by atoms with Gasteiger partial charge in [0.15, 0.2) is 0 Å². The summed E-state index contributed by atoms with van der Waals surface area (Å²) in [6.07, 6.45) is 10.8. The van der Waals surface area contributed by atoms with Crippen molar-refractivity contribution in [3.63, 3.8) is 0 Å². The average molecular weight is 299 g/mol. The van der Waals surface area contributed by atoms with Crippen molar-refractivity contribution in [2.75, 3.05) is 12.0 Å². The monoisotopic (exact) mass is 299 g/mol. The van der Waals surface area contributed by atoms with Gasteiger partial charge in [0.25, 0.3) is 5.56 Å². The number of ether oxygens (including phenoxy) is 1. The zero-order valence-corrected chi connectivity index (χ0v) is 12.3. The van der Waals surface area contributed by atoms with Gasteiger partial charge >= 0.3 is 6.01 Å². The molecule has 22 heavy (non-hydrogen) atoms. The number of aromatic nitrogens is 3. The molecule has 0 bridgehead atoms. The van der Waals surface area contributed by atoms with Crippen LogP contribution in [0.2, 0.25) is 0 Å². The highest BCUT2D eigenvalue weighted by Crippen LogP contribution is 2.16. The molecule has 1 N–H and O–H groups in total. The highest BCUT2D eigenvalue weighted by Gasteiger charge is 2.18. The van der Waals surface area contributed by atoms with E-state index in [1.807, 2.05) is 12.2 Å². The molecule has 1 unspecified atom stereocenters. The van der Waals surface area contributed by atoms with Crippen molar-refractivity contribution in [1.82, 2.24) is 14.9 Å². The number of nitrogens with zero attached hydrogens (tertiary/aromatic N) is 4. The van der Waals surface area contributed by atoms with E-state index < -0.39 is 5.56 Å². The Labute approximate surface area is 128 Å². The normalized spacial score (nSPS) is 15.0. The molecular weight excluding hydrogens is 282 g/mol. The van der Waals surface area contributed by atoms with E-state index in [1.54, 1.807) is 6.92 Å². The van der Waals surface area contributed by atoms with Crippen LogP contribution in [-0.4, -0.2) is 27.5 Å². The molecule has 1 aliphatic carbocycles. The van der Waals surface area contributed by atoms with Crippen LogP contribution in [0.1, 0.15) is 25.5 Å². The summed E-state index contributed by atoms with van der Waals surface area (Å²) in [5, 5.41) is 16.6. The predicted molar refractivity (Wildman–Crippen MR) is 80.6 cm³/mol. The molecule has 114 valence electrons. The fraction of sp³-hybridized carbons (Fsp3) is 0.467. The summed E-state index contributed by atoms with van der Waals surface area (Å²) >= 11 is 0. The Hall–Kier alpha value is -2.80. The van der Waals surface area contributed by atoms with E-state index in [4.69, 9.17) is 16.4 Å². The van der Waals surface area contributed by atoms with Gasteiger partial charge < -0.3 is 10.2 Å². The van der Waals surface area contributed by atoms with Crippen LogP contribution in [0.4, 0.5) is 0 Å². The lowest BCUT2D eigenvalue weighted by Gasteiger charge is -2.18. The minimum atomic E-state index is -0.404. The lowest BCUT2D eigenvalue weighted by Crippen LogP contribution is -2.37. The first kappa shape index (κ1) is 15.6. The molecule has 0 fully saturated rings. The quantitative estimate of drug-likeness (QED) is 0.611. The van der Waals surface area contributed by atoms with Gasteiger partial charge in [0.05, 0.1) is 18.4 Å². The lowest BCUT2D eigenvalue weighted by atomic mass is 10.2. The minimum Gasteiger partial charge on any atom is -0.458 e. The second-order valence-corrected chi connectivity index (χ2v) is 5.03. The topological polar surface area (TPSA) is 92.8 Å². The molecule has 1 aliphatic rings. The SMILES string of the molecule is C#CCc1nnc(OC2CC=CC2)n(NCC(C)C#N)c1=O. The maximum absolute atomic E-state index is 12.4. The van der Waals surface area contributed by atoms with Crippen LogP contribution in [0.5, 0.6) is 6.01 Å². The summed E-state index contributed by atoms with van der Waals surface area (Å²) in [5.41, 5.74) is 2.63. The summed E-state index contributed by atoms with van der Waals surface area (Å²) in [6, 6.07) is 2.18. The van der Waals surface area contributed by atoms with Crippen molar-refractivity contribution in [3.8, 4) is 24.4 Å². The van der Waals surface area contributed by atoms with E-state index in [1.165, 1.54) is 4.68 Å². The van der Waals surface area contributed by atoms with Gasteiger partial charge in [0.1, 0.15) is 11.8 Å². The van der Waals surface area contributed by atoms with E-state index >= 15 is 0 Å². The van der Waals surface area contributed by atoms with Gasteiger partial charge in [-0.1, -0.05) is 17.3 Å². The summed E-state index contributed by atoms with van der Waals surface area (Å²) < 4.78 is 6.90. The molecule has 0 radical (unpaired) electrons. The van der Waals surface area contributed by atoms with E-state index in [-0.39, 0.29) is 36.7 Å². The van der Waals surface area contributed by atoms with Gasteiger partial charge in [-0.2, -0.15) is 9.94 Å². The number of rotatable bonds is 6. The summed E-state index contributed by atoms with van der Waals surface area (Å²) in [7, 11) is 0. The van der Waals surface area contributed by atoms with Gasteiger partial charge in [-0.3, -0.25) is 4.79 Å². The first-order chi connectivity index (χ1) is 10.7. The minimum absolute atomic E-state index is 0.0615. The molecule has 0 saturated carbocycles. The van der Waals surface area contributed by atoms with E-state index in [0.717, 1.165) is 12.8 Å². The van der Waals surface area contributed by atoms with Crippen LogP contribution < -0.4 is 15.7 Å².